The van der Waals surface area contributed by atoms with Gasteiger partial charge >= 0.3 is 0 Å². The zero-order valence-electron chi connectivity index (χ0n) is 7.66. The molecule has 0 aliphatic rings. The first-order chi connectivity index (χ1) is 6.33. The molecule has 0 saturated carbocycles. The van der Waals surface area contributed by atoms with Gasteiger partial charge in [0.1, 0.15) is 0 Å². The van der Waals surface area contributed by atoms with Gasteiger partial charge in [-0.15, -0.1) is 11.8 Å². The molecule has 1 aromatic carbocycles. The standard InChI is InChI=1S/C11H13BrS/c1-10(9-12)7-8-13-11-5-3-2-4-6-11/h2-7H,8-9H2,1H3. The maximum absolute atomic E-state index is 3.42. The summed E-state index contributed by atoms with van der Waals surface area (Å²) in [7, 11) is 0. The quantitative estimate of drug-likeness (QED) is 0.444. The van der Waals surface area contributed by atoms with Gasteiger partial charge in [0, 0.05) is 16.0 Å². The summed E-state index contributed by atoms with van der Waals surface area (Å²) in [5.41, 5.74) is 1.39. The summed E-state index contributed by atoms with van der Waals surface area (Å²) in [5, 5.41) is 0.975. The molecule has 2 heteroatoms. The second-order valence-electron chi connectivity index (χ2n) is 2.81. The Kier molecular flexibility index (Phi) is 5.25. The zero-order valence-corrected chi connectivity index (χ0v) is 10.1. The van der Waals surface area contributed by atoms with E-state index in [2.05, 4.69) is 53.2 Å². The minimum absolute atomic E-state index is 0.975. The van der Waals surface area contributed by atoms with Crippen LogP contribution in [0.25, 0.3) is 0 Å². The normalized spacial score (nSPS) is 11.7. The summed E-state index contributed by atoms with van der Waals surface area (Å²) >= 11 is 5.29. The van der Waals surface area contributed by atoms with Crippen molar-refractivity contribution < 1.29 is 0 Å². The molecule has 0 bridgehead atoms. The van der Waals surface area contributed by atoms with Gasteiger partial charge in [-0.1, -0.05) is 45.8 Å². The van der Waals surface area contributed by atoms with Crippen LogP contribution in [0.5, 0.6) is 0 Å². The van der Waals surface area contributed by atoms with Gasteiger partial charge in [-0.2, -0.15) is 0 Å². The minimum Gasteiger partial charge on any atom is -0.122 e. The molecule has 0 amide bonds. The molecule has 0 fully saturated rings. The van der Waals surface area contributed by atoms with Gasteiger partial charge in [0.05, 0.1) is 0 Å². The topological polar surface area (TPSA) is 0 Å². The highest BCUT2D eigenvalue weighted by atomic mass is 79.9. The molecule has 70 valence electrons. The van der Waals surface area contributed by atoms with Crippen molar-refractivity contribution >= 4 is 27.7 Å². The highest BCUT2D eigenvalue weighted by Gasteiger charge is 1.90. The number of allylic oxidation sites excluding steroid dienone is 1. The minimum atomic E-state index is 0.975. The molecule has 0 unspecified atom stereocenters. The Labute approximate surface area is 92.6 Å². The second kappa shape index (κ2) is 6.28. The Hall–Kier alpha value is -0.210. The smallest absolute Gasteiger partial charge is 0.0239 e. The van der Waals surface area contributed by atoms with Gasteiger partial charge < -0.3 is 0 Å². The lowest BCUT2D eigenvalue weighted by atomic mass is 10.3. The summed E-state index contributed by atoms with van der Waals surface area (Å²) in [6.07, 6.45) is 2.26. The van der Waals surface area contributed by atoms with Crippen molar-refractivity contribution in [2.45, 2.75) is 11.8 Å². The molecule has 0 aliphatic carbocycles. The average molecular weight is 257 g/mol. The molecule has 0 radical (unpaired) electrons. The Morgan fingerprint density at radius 1 is 1.38 bits per heavy atom. The van der Waals surface area contributed by atoms with E-state index in [4.69, 9.17) is 0 Å². The van der Waals surface area contributed by atoms with Gasteiger partial charge in [0.25, 0.3) is 0 Å². The molecule has 0 nitrogen and oxygen atoms in total. The van der Waals surface area contributed by atoms with Crippen LogP contribution in [0.2, 0.25) is 0 Å². The summed E-state index contributed by atoms with van der Waals surface area (Å²) in [4.78, 5) is 1.33. The fourth-order valence-corrected chi connectivity index (χ4v) is 1.99. The van der Waals surface area contributed by atoms with Crippen LogP contribution in [0.15, 0.2) is 46.9 Å². The molecule has 0 N–H and O–H groups in total. The maximum atomic E-state index is 3.42. The Morgan fingerprint density at radius 2 is 2.08 bits per heavy atom. The summed E-state index contributed by atoms with van der Waals surface area (Å²) in [5.74, 6) is 1.06. The number of alkyl halides is 1. The number of rotatable bonds is 4. The average Bonchev–Trinajstić information content (AvgIpc) is 2.19. The van der Waals surface area contributed by atoms with Gasteiger partial charge in [0.2, 0.25) is 0 Å². The lowest BCUT2D eigenvalue weighted by molar-refractivity contribution is 1.39. The number of benzene rings is 1. The van der Waals surface area contributed by atoms with Gasteiger partial charge in [-0.05, 0) is 19.1 Å². The summed E-state index contributed by atoms with van der Waals surface area (Å²) in [6, 6.07) is 10.5. The van der Waals surface area contributed by atoms with E-state index in [0.717, 1.165) is 11.1 Å². The van der Waals surface area contributed by atoms with Crippen LogP contribution in [0.4, 0.5) is 0 Å². The molecule has 0 spiro atoms. The van der Waals surface area contributed by atoms with Crippen molar-refractivity contribution in [1.29, 1.82) is 0 Å². The fraction of sp³-hybridized carbons (Fsp3) is 0.273. The van der Waals surface area contributed by atoms with Crippen molar-refractivity contribution in [1.82, 2.24) is 0 Å². The van der Waals surface area contributed by atoms with Crippen LogP contribution in [0, 0.1) is 0 Å². The van der Waals surface area contributed by atoms with Crippen molar-refractivity contribution in [3.05, 3.63) is 42.0 Å². The first-order valence-corrected chi connectivity index (χ1v) is 6.33. The van der Waals surface area contributed by atoms with Crippen molar-refractivity contribution in [3.8, 4) is 0 Å². The van der Waals surface area contributed by atoms with E-state index >= 15 is 0 Å². The van der Waals surface area contributed by atoms with Crippen LogP contribution >= 0.6 is 27.7 Å². The van der Waals surface area contributed by atoms with Gasteiger partial charge in [0.15, 0.2) is 0 Å². The third-order valence-corrected chi connectivity index (χ3v) is 3.46. The Bertz CT molecular complexity index is 267. The van der Waals surface area contributed by atoms with E-state index in [1.807, 2.05) is 17.8 Å². The largest absolute Gasteiger partial charge is 0.122 e. The number of thioether (sulfide) groups is 1. The highest BCUT2D eigenvalue weighted by molar-refractivity contribution is 9.09. The van der Waals surface area contributed by atoms with Crippen LogP contribution in [0.1, 0.15) is 6.92 Å². The first kappa shape index (κ1) is 10.9. The van der Waals surface area contributed by atoms with E-state index in [-0.39, 0.29) is 0 Å². The molecule has 0 heterocycles. The third-order valence-electron chi connectivity index (χ3n) is 1.64. The molecular formula is C11H13BrS. The zero-order chi connectivity index (χ0) is 9.52. The number of hydrogen-bond acceptors (Lipinski definition) is 1. The predicted molar refractivity (Wildman–Crippen MR) is 64.7 cm³/mol. The van der Waals surface area contributed by atoms with E-state index in [1.165, 1.54) is 10.5 Å². The predicted octanol–water partition coefficient (Wildman–Crippen LogP) is 4.12. The van der Waals surface area contributed by atoms with Crippen LogP contribution in [-0.4, -0.2) is 11.1 Å². The van der Waals surface area contributed by atoms with Gasteiger partial charge in [-0.3, -0.25) is 0 Å². The Balaban J connectivity index is 2.36. The lowest BCUT2D eigenvalue weighted by Crippen LogP contribution is -1.79. The maximum Gasteiger partial charge on any atom is 0.0239 e. The van der Waals surface area contributed by atoms with E-state index in [0.29, 0.717) is 0 Å². The highest BCUT2D eigenvalue weighted by Crippen LogP contribution is 2.17. The molecular weight excluding hydrogens is 244 g/mol. The van der Waals surface area contributed by atoms with Gasteiger partial charge in [-0.25, -0.2) is 0 Å². The molecule has 0 aromatic heterocycles. The fourth-order valence-electron chi connectivity index (χ4n) is 0.851. The van der Waals surface area contributed by atoms with Crippen LogP contribution < -0.4 is 0 Å². The second-order valence-corrected chi connectivity index (χ2v) is 4.46. The van der Waals surface area contributed by atoms with Crippen molar-refractivity contribution in [3.63, 3.8) is 0 Å². The van der Waals surface area contributed by atoms with Crippen LogP contribution in [0.3, 0.4) is 0 Å². The first-order valence-electron chi connectivity index (χ1n) is 4.22. The molecule has 0 aliphatic heterocycles. The molecule has 0 saturated heterocycles. The molecule has 1 rings (SSSR count). The van der Waals surface area contributed by atoms with E-state index in [1.54, 1.807) is 0 Å². The lowest BCUT2D eigenvalue weighted by Gasteiger charge is -1.97. The number of halogens is 1. The van der Waals surface area contributed by atoms with E-state index in [9.17, 15) is 0 Å². The summed E-state index contributed by atoms with van der Waals surface area (Å²) in [6.45, 7) is 2.14. The SMILES string of the molecule is CC(=CCSc1ccccc1)CBr. The molecule has 13 heavy (non-hydrogen) atoms. The Morgan fingerprint density at radius 3 is 2.69 bits per heavy atom. The van der Waals surface area contributed by atoms with Crippen molar-refractivity contribution in [2.24, 2.45) is 0 Å². The van der Waals surface area contributed by atoms with E-state index < -0.39 is 0 Å². The number of hydrogen-bond donors (Lipinski definition) is 0. The summed E-state index contributed by atoms with van der Waals surface area (Å²) < 4.78 is 0. The molecule has 0 atom stereocenters. The molecule has 1 aromatic rings. The van der Waals surface area contributed by atoms with Crippen LogP contribution in [-0.2, 0) is 0 Å². The monoisotopic (exact) mass is 256 g/mol. The third kappa shape index (κ3) is 4.53. The van der Waals surface area contributed by atoms with Crippen molar-refractivity contribution in [2.75, 3.05) is 11.1 Å².